The Morgan fingerprint density at radius 2 is 1.42 bits per heavy atom. The number of nitriles is 2. The van der Waals surface area contributed by atoms with E-state index in [0.29, 0.717) is 56.5 Å². The van der Waals surface area contributed by atoms with Gasteiger partial charge in [-0.05, 0) is 26.0 Å². The number of nitrogen functional groups attached to an aromatic ring is 1. The predicted molar refractivity (Wildman–Crippen MR) is 129 cm³/mol. The molecule has 0 heterocycles. The third-order valence-corrected chi connectivity index (χ3v) is 6.09. The molecule has 2 aromatic rings. The first kappa shape index (κ1) is 26.6. The zero-order chi connectivity index (χ0) is 24.1. The average molecular weight is 490 g/mol. The number of hydrogen-bond donors (Lipinski definition) is 1. The van der Waals surface area contributed by atoms with Crippen molar-refractivity contribution in [3.05, 3.63) is 40.4 Å². The van der Waals surface area contributed by atoms with E-state index < -0.39 is 0 Å². The zero-order valence-corrected chi connectivity index (χ0v) is 20.4. The van der Waals surface area contributed by atoms with Crippen LogP contribution in [0.5, 0.6) is 11.5 Å². The Kier molecular flexibility index (Phi) is 11.7. The predicted octanol–water partition coefficient (Wildman–Crippen LogP) is 5.43. The van der Waals surface area contributed by atoms with Gasteiger partial charge in [0.15, 0.2) is 11.5 Å². The van der Waals surface area contributed by atoms with Gasteiger partial charge >= 0.3 is 0 Å². The number of para-hydroxylation sites is 1. The number of halogens is 1. The fourth-order valence-corrected chi connectivity index (χ4v) is 4.21. The first-order chi connectivity index (χ1) is 16.1. The van der Waals surface area contributed by atoms with Gasteiger partial charge in [0.05, 0.1) is 18.1 Å². The molecule has 0 aliphatic rings. The summed E-state index contributed by atoms with van der Waals surface area (Å²) < 4.78 is 22.5. The van der Waals surface area contributed by atoms with E-state index in [9.17, 15) is 10.5 Å². The van der Waals surface area contributed by atoms with Crippen LogP contribution in [0.4, 0.5) is 5.69 Å². The SMILES string of the molecule is CCOCCCOc1c(Cl)c(Sc2ccccc2N)c(OCCCOCC)c(C#N)c1C#N. The molecule has 7 nitrogen and oxygen atoms in total. The summed E-state index contributed by atoms with van der Waals surface area (Å²) in [6.07, 6.45) is 1.23. The van der Waals surface area contributed by atoms with Gasteiger partial charge in [-0.2, -0.15) is 10.5 Å². The maximum Gasteiger partial charge on any atom is 0.158 e. The van der Waals surface area contributed by atoms with Crippen LogP contribution in [0, 0.1) is 22.7 Å². The van der Waals surface area contributed by atoms with Crippen LogP contribution < -0.4 is 15.2 Å². The van der Waals surface area contributed by atoms with Crippen molar-refractivity contribution in [2.75, 3.05) is 45.4 Å². The molecule has 2 aromatic carbocycles. The second-order valence-corrected chi connectivity index (χ2v) is 8.14. The Labute approximate surface area is 204 Å². The Bertz CT molecular complexity index is 1000. The van der Waals surface area contributed by atoms with Crippen LogP contribution in [-0.4, -0.2) is 39.6 Å². The van der Waals surface area contributed by atoms with Gasteiger partial charge in [0.2, 0.25) is 0 Å². The van der Waals surface area contributed by atoms with Crippen LogP contribution in [0.15, 0.2) is 34.1 Å². The molecule has 9 heteroatoms. The second kappa shape index (κ2) is 14.5. The Hall–Kier alpha value is -2.62. The van der Waals surface area contributed by atoms with Gasteiger partial charge in [-0.1, -0.05) is 35.5 Å². The highest BCUT2D eigenvalue weighted by atomic mass is 35.5. The van der Waals surface area contributed by atoms with Crippen LogP contribution in [0.25, 0.3) is 0 Å². The molecule has 0 bridgehead atoms. The number of benzene rings is 2. The molecule has 0 saturated heterocycles. The van der Waals surface area contributed by atoms with E-state index in [2.05, 4.69) is 12.1 Å². The number of anilines is 1. The monoisotopic (exact) mass is 489 g/mol. The lowest BCUT2D eigenvalue weighted by molar-refractivity contribution is 0.129. The number of rotatable bonds is 14. The third-order valence-electron chi connectivity index (χ3n) is 4.43. The Morgan fingerprint density at radius 1 is 0.879 bits per heavy atom. The molecule has 0 aromatic heterocycles. The third kappa shape index (κ3) is 7.45. The molecule has 0 saturated carbocycles. The first-order valence-corrected chi connectivity index (χ1v) is 11.9. The minimum Gasteiger partial charge on any atom is -0.491 e. The van der Waals surface area contributed by atoms with Gasteiger partial charge in [-0.15, -0.1) is 0 Å². The number of ether oxygens (including phenoxy) is 4. The van der Waals surface area contributed by atoms with Crippen molar-refractivity contribution in [1.29, 1.82) is 10.5 Å². The molecule has 0 spiro atoms. The van der Waals surface area contributed by atoms with Crippen LogP contribution in [0.2, 0.25) is 5.02 Å². The Morgan fingerprint density at radius 3 is 1.97 bits per heavy atom. The standard InChI is InChI=1S/C24H28ClN3O4S/c1-3-29-11-7-13-31-22-17(15-26)18(16-27)23(32-14-8-12-30-4-2)24(21(22)25)33-20-10-6-5-9-19(20)28/h5-6,9-10H,3-4,7-8,11-14,28H2,1-2H3. The number of hydrogen-bond acceptors (Lipinski definition) is 8. The highest BCUT2D eigenvalue weighted by Gasteiger charge is 2.27. The number of nitrogens with two attached hydrogens (primary N) is 1. The van der Waals surface area contributed by atoms with E-state index >= 15 is 0 Å². The molecular formula is C24H28ClN3O4S. The van der Waals surface area contributed by atoms with Crippen LogP contribution >= 0.6 is 23.4 Å². The summed E-state index contributed by atoms with van der Waals surface area (Å²) >= 11 is 8.02. The van der Waals surface area contributed by atoms with Crippen molar-refractivity contribution in [1.82, 2.24) is 0 Å². The van der Waals surface area contributed by atoms with Gasteiger partial charge in [0, 0.05) is 49.9 Å². The lowest BCUT2D eigenvalue weighted by atomic mass is 10.1. The van der Waals surface area contributed by atoms with Gasteiger partial charge in [-0.25, -0.2) is 0 Å². The minimum atomic E-state index is 0.0455. The first-order valence-electron chi connectivity index (χ1n) is 10.7. The maximum atomic E-state index is 9.91. The summed E-state index contributed by atoms with van der Waals surface area (Å²) in [5.74, 6) is 0.399. The quantitative estimate of drug-likeness (QED) is 0.276. The molecule has 0 amide bonds. The Balaban J connectivity index is 2.48. The van der Waals surface area contributed by atoms with E-state index in [1.807, 2.05) is 32.0 Å². The van der Waals surface area contributed by atoms with E-state index in [1.54, 1.807) is 6.07 Å². The van der Waals surface area contributed by atoms with Gasteiger partial charge in [-0.3, -0.25) is 0 Å². The summed E-state index contributed by atoms with van der Waals surface area (Å²) in [5, 5.41) is 19.9. The van der Waals surface area contributed by atoms with Crippen molar-refractivity contribution >= 4 is 29.1 Å². The lowest BCUT2D eigenvalue weighted by Crippen LogP contribution is -2.09. The highest BCUT2D eigenvalue weighted by Crippen LogP contribution is 2.49. The summed E-state index contributed by atoms with van der Waals surface area (Å²) in [5.41, 5.74) is 6.81. The maximum absolute atomic E-state index is 9.91. The lowest BCUT2D eigenvalue weighted by Gasteiger charge is -2.19. The molecule has 0 aliphatic heterocycles. The van der Waals surface area contributed by atoms with E-state index in [-0.39, 0.29) is 34.3 Å². The molecular weight excluding hydrogens is 462 g/mol. The minimum absolute atomic E-state index is 0.0455. The van der Waals surface area contributed by atoms with E-state index in [1.165, 1.54) is 11.8 Å². The molecule has 0 fully saturated rings. The molecule has 0 unspecified atom stereocenters. The van der Waals surface area contributed by atoms with Crippen LogP contribution in [0.1, 0.15) is 37.8 Å². The summed E-state index contributed by atoms with van der Waals surface area (Å²) in [7, 11) is 0. The van der Waals surface area contributed by atoms with Crippen LogP contribution in [0.3, 0.4) is 0 Å². The number of nitrogens with zero attached hydrogens (tertiary/aromatic N) is 2. The van der Waals surface area contributed by atoms with E-state index in [0.717, 1.165) is 4.90 Å². The van der Waals surface area contributed by atoms with E-state index in [4.69, 9.17) is 36.3 Å². The summed E-state index contributed by atoms with van der Waals surface area (Å²) in [6.45, 7) is 6.66. The van der Waals surface area contributed by atoms with Crippen molar-refractivity contribution in [3.63, 3.8) is 0 Å². The van der Waals surface area contributed by atoms with Gasteiger partial charge in [0.1, 0.15) is 28.3 Å². The zero-order valence-electron chi connectivity index (χ0n) is 18.9. The van der Waals surface area contributed by atoms with Gasteiger partial charge in [0.25, 0.3) is 0 Å². The van der Waals surface area contributed by atoms with Crippen LogP contribution in [-0.2, 0) is 9.47 Å². The van der Waals surface area contributed by atoms with Crippen molar-refractivity contribution in [3.8, 4) is 23.6 Å². The summed E-state index contributed by atoms with van der Waals surface area (Å²) in [4.78, 5) is 1.22. The van der Waals surface area contributed by atoms with Crippen molar-refractivity contribution in [2.45, 2.75) is 36.5 Å². The molecule has 0 aliphatic carbocycles. The molecule has 0 radical (unpaired) electrons. The highest BCUT2D eigenvalue weighted by molar-refractivity contribution is 7.99. The average Bonchev–Trinajstić information content (AvgIpc) is 2.82. The summed E-state index contributed by atoms with van der Waals surface area (Å²) in [6, 6.07) is 11.5. The van der Waals surface area contributed by atoms with Gasteiger partial charge < -0.3 is 24.7 Å². The van der Waals surface area contributed by atoms with Crippen molar-refractivity contribution in [2.24, 2.45) is 0 Å². The molecule has 0 atom stereocenters. The topological polar surface area (TPSA) is 111 Å². The molecule has 2 rings (SSSR count). The molecule has 33 heavy (non-hydrogen) atoms. The molecule has 2 N–H and O–H groups in total. The fourth-order valence-electron chi connectivity index (χ4n) is 2.87. The fraction of sp³-hybridized carbons (Fsp3) is 0.417. The smallest absolute Gasteiger partial charge is 0.158 e. The second-order valence-electron chi connectivity index (χ2n) is 6.71. The normalized spacial score (nSPS) is 10.5. The molecule has 176 valence electrons. The largest absolute Gasteiger partial charge is 0.491 e. The van der Waals surface area contributed by atoms with Crippen molar-refractivity contribution < 1.29 is 18.9 Å².